The van der Waals surface area contributed by atoms with Crippen LogP contribution in [0.2, 0.25) is 0 Å². The van der Waals surface area contributed by atoms with Gasteiger partial charge in [-0.2, -0.15) is 0 Å². The maximum absolute atomic E-state index is 12.1. The van der Waals surface area contributed by atoms with Crippen molar-refractivity contribution >= 4 is 30.0 Å². The molecule has 1 fully saturated rings. The van der Waals surface area contributed by atoms with Crippen molar-refractivity contribution in [2.75, 3.05) is 6.54 Å². The standard InChI is InChI=1S/C13H14N4O3.ClH/c14-12-8-6-16(5-7(8)1-3-10(12)18)9-2-4-11(19)17(15)13(9)20;/h1,3,5,9H,2,4,6,14-15H2;1H. The lowest BCUT2D eigenvalue weighted by atomic mass is 9.99. The van der Waals surface area contributed by atoms with Crippen LogP contribution in [0.15, 0.2) is 35.2 Å². The summed E-state index contributed by atoms with van der Waals surface area (Å²) in [6.07, 6.45) is 5.54. The highest BCUT2D eigenvalue weighted by molar-refractivity contribution is 6.06. The third-order valence-electron chi connectivity index (χ3n) is 3.82. The average molecular weight is 311 g/mol. The third-order valence-corrected chi connectivity index (χ3v) is 3.82. The van der Waals surface area contributed by atoms with Gasteiger partial charge >= 0.3 is 0 Å². The van der Waals surface area contributed by atoms with E-state index in [1.165, 1.54) is 6.08 Å². The number of imide groups is 1. The van der Waals surface area contributed by atoms with Gasteiger partial charge in [-0.25, -0.2) is 10.9 Å². The fourth-order valence-electron chi connectivity index (χ4n) is 2.66. The molecule has 0 saturated carbocycles. The zero-order chi connectivity index (χ0) is 14.4. The van der Waals surface area contributed by atoms with Crippen molar-refractivity contribution in [1.29, 1.82) is 0 Å². The Balaban J connectivity index is 0.00000161. The van der Waals surface area contributed by atoms with Crippen LogP contribution in [0, 0.1) is 0 Å². The van der Waals surface area contributed by atoms with E-state index in [0.29, 0.717) is 18.0 Å². The van der Waals surface area contributed by atoms with Gasteiger partial charge < -0.3 is 10.6 Å². The summed E-state index contributed by atoms with van der Waals surface area (Å²) < 4.78 is 0. The van der Waals surface area contributed by atoms with Crippen molar-refractivity contribution in [3.8, 4) is 0 Å². The molecule has 112 valence electrons. The predicted octanol–water partition coefficient (Wildman–Crippen LogP) is -0.649. The van der Waals surface area contributed by atoms with Crippen LogP contribution in [0.1, 0.15) is 12.8 Å². The summed E-state index contributed by atoms with van der Waals surface area (Å²) in [5.41, 5.74) is 7.55. The van der Waals surface area contributed by atoms with Crippen LogP contribution in [0.3, 0.4) is 0 Å². The number of hydrazine groups is 1. The topological polar surface area (TPSA) is 110 Å². The molecule has 1 atom stereocenters. The van der Waals surface area contributed by atoms with Gasteiger partial charge in [-0.3, -0.25) is 14.4 Å². The molecular weight excluding hydrogens is 296 g/mol. The highest BCUT2D eigenvalue weighted by Gasteiger charge is 2.38. The Morgan fingerprint density at radius 3 is 2.62 bits per heavy atom. The molecule has 0 aromatic carbocycles. The number of piperidine rings is 1. The number of amides is 2. The zero-order valence-corrected chi connectivity index (χ0v) is 11.9. The summed E-state index contributed by atoms with van der Waals surface area (Å²) >= 11 is 0. The van der Waals surface area contributed by atoms with Crippen LogP contribution in [-0.2, 0) is 14.4 Å². The molecule has 0 spiro atoms. The first-order valence-corrected chi connectivity index (χ1v) is 6.29. The minimum absolute atomic E-state index is 0. The van der Waals surface area contributed by atoms with Crippen LogP contribution in [0.5, 0.6) is 0 Å². The molecule has 7 nitrogen and oxygen atoms in total. The first-order valence-electron chi connectivity index (χ1n) is 6.29. The summed E-state index contributed by atoms with van der Waals surface area (Å²) in [6, 6.07) is -0.486. The third kappa shape index (κ3) is 2.34. The maximum Gasteiger partial charge on any atom is 0.266 e. The first kappa shape index (κ1) is 15.3. The molecule has 4 N–H and O–H groups in total. The van der Waals surface area contributed by atoms with Crippen LogP contribution in [0.4, 0.5) is 0 Å². The Hall–Kier alpha value is -2.12. The SMILES string of the molecule is Cl.NC1=C2CN(C3CCC(=O)N(N)C3=O)C=C2C=CC1=O. The van der Waals surface area contributed by atoms with Crippen LogP contribution >= 0.6 is 12.4 Å². The van der Waals surface area contributed by atoms with Gasteiger partial charge in [0.25, 0.3) is 5.91 Å². The molecule has 21 heavy (non-hydrogen) atoms. The summed E-state index contributed by atoms with van der Waals surface area (Å²) in [7, 11) is 0. The van der Waals surface area contributed by atoms with E-state index in [1.54, 1.807) is 17.2 Å². The summed E-state index contributed by atoms with van der Waals surface area (Å²) in [6.45, 7) is 0.385. The lowest BCUT2D eigenvalue weighted by Crippen LogP contribution is -2.55. The number of nitrogens with zero attached hydrogens (tertiary/aromatic N) is 2. The quantitative estimate of drug-likeness (QED) is 0.378. The van der Waals surface area contributed by atoms with E-state index in [2.05, 4.69) is 0 Å². The molecule has 2 amide bonds. The molecule has 1 aliphatic carbocycles. The summed E-state index contributed by atoms with van der Waals surface area (Å²) in [5.74, 6) is 4.44. The second-order valence-corrected chi connectivity index (χ2v) is 5.00. The molecule has 0 aromatic rings. The summed E-state index contributed by atoms with van der Waals surface area (Å²) in [5, 5.41) is 0.674. The van der Waals surface area contributed by atoms with Gasteiger partial charge in [0.1, 0.15) is 6.04 Å². The molecule has 2 aliphatic heterocycles. The Labute approximate surface area is 127 Å². The van der Waals surface area contributed by atoms with Gasteiger partial charge in [0.2, 0.25) is 11.7 Å². The number of carbonyl (C=O) groups is 3. The average Bonchev–Trinajstić information content (AvgIpc) is 2.85. The van der Waals surface area contributed by atoms with Crippen molar-refractivity contribution in [2.24, 2.45) is 11.6 Å². The van der Waals surface area contributed by atoms with Crippen molar-refractivity contribution in [1.82, 2.24) is 9.91 Å². The molecular formula is C13H15ClN4O3. The number of fused-ring (bicyclic) bond motifs is 1. The number of carbonyl (C=O) groups excluding carboxylic acids is 3. The van der Waals surface area contributed by atoms with Gasteiger partial charge in [0.05, 0.1) is 5.70 Å². The van der Waals surface area contributed by atoms with E-state index in [-0.39, 0.29) is 36.2 Å². The molecule has 3 rings (SSSR count). The maximum atomic E-state index is 12.1. The van der Waals surface area contributed by atoms with Crippen molar-refractivity contribution < 1.29 is 14.4 Å². The fraction of sp³-hybridized carbons (Fsp3) is 0.308. The molecule has 2 heterocycles. The lowest BCUT2D eigenvalue weighted by molar-refractivity contribution is -0.152. The van der Waals surface area contributed by atoms with Crippen molar-refractivity contribution in [3.05, 3.63) is 35.2 Å². The van der Waals surface area contributed by atoms with E-state index in [9.17, 15) is 14.4 Å². The highest BCUT2D eigenvalue weighted by atomic mass is 35.5. The van der Waals surface area contributed by atoms with Gasteiger partial charge in [0, 0.05) is 24.7 Å². The number of hydrogen-bond donors (Lipinski definition) is 2. The Morgan fingerprint density at radius 2 is 1.90 bits per heavy atom. The van der Waals surface area contributed by atoms with Gasteiger partial charge in [-0.15, -0.1) is 12.4 Å². The van der Waals surface area contributed by atoms with Gasteiger partial charge in [-0.1, -0.05) is 0 Å². The first-order chi connectivity index (χ1) is 9.49. The molecule has 8 heteroatoms. The number of allylic oxidation sites excluding steroid dienone is 2. The Bertz CT molecular complexity index is 623. The van der Waals surface area contributed by atoms with E-state index < -0.39 is 11.9 Å². The lowest BCUT2D eigenvalue weighted by Gasteiger charge is -2.33. The molecule has 1 unspecified atom stereocenters. The van der Waals surface area contributed by atoms with E-state index in [4.69, 9.17) is 11.6 Å². The van der Waals surface area contributed by atoms with E-state index >= 15 is 0 Å². The molecule has 0 radical (unpaired) electrons. The van der Waals surface area contributed by atoms with Crippen molar-refractivity contribution in [2.45, 2.75) is 18.9 Å². The minimum Gasteiger partial charge on any atom is -0.395 e. The second kappa shape index (κ2) is 5.34. The largest absolute Gasteiger partial charge is 0.395 e. The zero-order valence-electron chi connectivity index (χ0n) is 11.1. The van der Waals surface area contributed by atoms with Gasteiger partial charge in [-0.05, 0) is 24.1 Å². The summed E-state index contributed by atoms with van der Waals surface area (Å²) in [4.78, 5) is 36.7. The van der Waals surface area contributed by atoms with Gasteiger partial charge in [0.15, 0.2) is 0 Å². The second-order valence-electron chi connectivity index (χ2n) is 5.00. The fourth-order valence-corrected chi connectivity index (χ4v) is 2.66. The van der Waals surface area contributed by atoms with Crippen LogP contribution < -0.4 is 11.6 Å². The normalized spacial score (nSPS) is 25.1. The van der Waals surface area contributed by atoms with Crippen molar-refractivity contribution in [3.63, 3.8) is 0 Å². The number of nitrogens with two attached hydrogens (primary N) is 2. The number of halogens is 1. The predicted molar refractivity (Wildman–Crippen MR) is 76.5 cm³/mol. The smallest absolute Gasteiger partial charge is 0.266 e. The Kier molecular flexibility index (Phi) is 3.89. The number of hydrogen-bond acceptors (Lipinski definition) is 6. The van der Waals surface area contributed by atoms with E-state index in [1.807, 2.05) is 0 Å². The molecule has 3 aliphatic rings. The molecule has 0 bridgehead atoms. The highest BCUT2D eigenvalue weighted by Crippen LogP contribution is 2.30. The number of ketones is 1. The van der Waals surface area contributed by atoms with Crippen LogP contribution in [-0.4, -0.2) is 40.1 Å². The minimum atomic E-state index is -0.486. The van der Waals surface area contributed by atoms with Crippen LogP contribution in [0.25, 0.3) is 0 Å². The monoisotopic (exact) mass is 310 g/mol. The Morgan fingerprint density at radius 1 is 1.19 bits per heavy atom. The molecule has 1 saturated heterocycles. The number of rotatable bonds is 1. The molecule has 0 aromatic heterocycles. The van der Waals surface area contributed by atoms with E-state index in [0.717, 1.165) is 11.1 Å².